The van der Waals surface area contributed by atoms with Gasteiger partial charge in [-0.25, -0.2) is 4.79 Å². The number of nitrogens with two attached hydrogens (primary N) is 1. The number of nitrogens with one attached hydrogen (secondary N) is 1. The zero-order valence-corrected chi connectivity index (χ0v) is 19.7. The number of nitrogen functional groups attached to an aromatic ring is 1. The first-order chi connectivity index (χ1) is 16.7. The summed E-state index contributed by atoms with van der Waals surface area (Å²) in [5.74, 6) is -0.870. The van der Waals surface area contributed by atoms with Crippen LogP contribution in [0.25, 0.3) is 0 Å². The highest BCUT2D eigenvalue weighted by Crippen LogP contribution is 2.31. The molecule has 0 aromatic heterocycles. The Bertz CT molecular complexity index is 1260. The highest BCUT2D eigenvalue weighted by molar-refractivity contribution is 5.99. The molecule has 0 aliphatic heterocycles. The lowest BCUT2D eigenvalue weighted by Gasteiger charge is -2.21. The van der Waals surface area contributed by atoms with Gasteiger partial charge in [-0.3, -0.25) is 14.4 Å². The maximum atomic E-state index is 11.8. The van der Waals surface area contributed by atoms with Crippen LogP contribution < -0.4 is 21.9 Å². The summed E-state index contributed by atoms with van der Waals surface area (Å²) in [4.78, 5) is 47.2. The van der Waals surface area contributed by atoms with Crippen LogP contribution in [0, 0.1) is 0 Å². The summed E-state index contributed by atoms with van der Waals surface area (Å²) in [5.41, 5.74) is 4.51. The lowest BCUT2D eigenvalue weighted by Crippen LogP contribution is -2.36. The van der Waals surface area contributed by atoms with Crippen molar-refractivity contribution < 1.29 is 19.4 Å². The number of phenols is 1. The molecule has 35 heavy (non-hydrogen) atoms. The van der Waals surface area contributed by atoms with Crippen LogP contribution in [0.5, 0.6) is 5.75 Å². The Morgan fingerprint density at radius 3 is 2.23 bits per heavy atom. The van der Waals surface area contributed by atoms with Crippen molar-refractivity contribution in [2.45, 2.75) is 38.2 Å². The van der Waals surface area contributed by atoms with Gasteiger partial charge in [0.2, 0.25) is 0 Å². The molecule has 0 saturated heterocycles. The summed E-state index contributed by atoms with van der Waals surface area (Å²) in [5, 5.41) is 12.6. The van der Waals surface area contributed by atoms with E-state index in [2.05, 4.69) is 5.32 Å². The van der Waals surface area contributed by atoms with Crippen LogP contribution in [0.15, 0.2) is 58.1 Å². The molecule has 0 atom stereocenters. The first kappa shape index (κ1) is 25.5. The first-order valence-corrected chi connectivity index (χ1v) is 11.4. The number of nitrogens with zero attached hydrogens (tertiary/aromatic N) is 1. The van der Waals surface area contributed by atoms with E-state index in [1.807, 2.05) is 18.2 Å². The quantitative estimate of drug-likeness (QED) is 0.288. The van der Waals surface area contributed by atoms with Gasteiger partial charge in [0.05, 0.1) is 16.8 Å². The molecule has 9 heteroatoms. The Kier molecular flexibility index (Phi) is 8.25. The fraction of sp³-hybridized carbons (Fsp3) is 0.308. The number of aromatic hydroxyl groups is 1. The Labute approximate surface area is 202 Å². The van der Waals surface area contributed by atoms with E-state index in [1.165, 1.54) is 36.3 Å². The number of phenolic OH excluding ortho intramolecular Hbond substituents is 1. The number of esters is 1. The molecule has 1 saturated carbocycles. The van der Waals surface area contributed by atoms with Crippen molar-refractivity contribution >= 4 is 28.9 Å². The number of rotatable bonds is 5. The molecule has 1 aliphatic rings. The summed E-state index contributed by atoms with van der Waals surface area (Å²) >= 11 is 0. The number of hydrogen-bond acceptors (Lipinski definition) is 8. The third-order valence-corrected chi connectivity index (χ3v) is 5.71. The molecule has 1 fully saturated rings. The van der Waals surface area contributed by atoms with Gasteiger partial charge < -0.3 is 25.8 Å². The smallest absolute Gasteiger partial charge is 0.338 e. The van der Waals surface area contributed by atoms with Crippen LogP contribution in [0.3, 0.4) is 0 Å². The third kappa shape index (κ3) is 6.06. The van der Waals surface area contributed by atoms with Gasteiger partial charge in [-0.05, 0) is 49.9 Å². The summed E-state index contributed by atoms with van der Waals surface area (Å²) in [6, 6.07) is 13.7. The van der Waals surface area contributed by atoms with Gasteiger partial charge in [0.25, 0.3) is 16.8 Å². The number of ether oxygens (including phenoxy) is 1. The minimum absolute atomic E-state index is 0.0697. The largest absolute Gasteiger partial charge is 0.505 e. The van der Waals surface area contributed by atoms with Crippen molar-refractivity contribution in [3.8, 4) is 5.75 Å². The first-order valence-electron chi connectivity index (χ1n) is 11.4. The molecule has 4 N–H and O–H groups in total. The van der Waals surface area contributed by atoms with Crippen LogP contribution >= 0.6 is 0 Å². The highest BCUT2D eigenvalue weighted by Gasteiger charge is 2.21. The third-order valence-electron chi connectivity index (χ3n) is 5.71. The molecule has 0 heterocycles. The van der Waals surface area contributed by atoms with Crippen LogP contribution in [-0.2, 0) is 4.74 Å². The molecule has 3 aromatic rings. The topological polar surface area (TPSA) is 139 Å². The van der Waals surface area contributed by atoms with Gasteiger partial charge in [-0.15, -0.1) is 0 Å². The average Bonchev–Trinajstić information content (AvgIpc) is 2.88. The molecule has 0 radical (unpaired) electrons. The molecular formula is C26H29N3O6. The fourth-order valence-corrected chi connectivity index (χ4v) is 3.70. The second-order valence-corrected chi connectivity index (χ2v) is 8.50. The van der Waals surface area contributed by atoms with Crippen molar-refractivity contribution in [1.82, 2.24) is 4.90 Å². The molecule has 1 aliphatic carbocycles. The Morgan fingerprint density at radius 1 is 0.971 bits per heavy atom. The van der Waals surface area contributed by atoms with Crippen molar-refractivity contribution in [1.29, 1.82) is 0 Å². The molecule has 3 aromatic carbocycles. The van der Waals surface area contributed by atoms with Crippen LogP contribution in [-0.4, -0.2) is 42.1 Å². The van der Waals surface area contributed by atoms with E-state index in [0.717, 1.165) is 12.8 Å². The lowest BCUT2D eigenvalue weighted by atomic mass is 9.98. The van der Waals surface area contributed by atoms with Crippen molar-refractivity contribution in [3.05, 3.63) is 80.1 Å². The standard InChI is InChI=1S/C13H13N3O4.C13H16O2/c1-16(2)13(20)6-4-3-5-7(10(6)17)15-9-8(14)11(18)12(9)19;14-13(11-7-3-1-4-8-11)15-12-9-5-2-6-10-12/h3-5,15,17H,14H2,1-2H3;1,3-4,7-8,12H,2,5-6,9-10H2. The monoisotopic (exact) mass is 479 g/mol. The molecule has 0 spiro atoms. The number of hydrogen-bond donors (Lipinski definition) is 3. The zero-order chi connectivity index (χ0) is 25.5. The number of carbonyl (C=O) groups excluding carboxylic acids is 2. The fourth-order valence-electron chi connectivity index (χ4n) is 3.70. The number of amides is 1. The van der Waals surface area contributed by atoms with Crippen molar-refractivity contribution in [2.75, 3.05) is 25.1 Å². The second-order valence-electron chi connectivity index (χ2n) is 8.50. The van der Waals surface area contributed by atoms with Crippen molar-refractivity contribution in [2.24, 2.45) is 0 Å². The van der Waals surface area contributed by atoms with E-state index in [-0.39, 0.29) is 46.4 Å². The van der Waals surface area contributed by atoms with E-state index in [9.17, 15) is 24.3 Å². The molecular weight excluding hydrogens is 450 g/mol. The van der Waals surface area contributed by atoms with Crippen LogP contribution in [0.4, 0.5) is 17.1 Å². The molecule has 0 bridgehead atoms. The molecule has 9 nitrogen and oxygen atoms in total. The zero-order valence-electron chi connectivity index (χ0n) is 19.7. The summed E-state index contributed by atoms with van der Waals surface area (Å²) < 4.78 is 5.44. The SMILES string of the molecule is CN(C)C(=O)c1cccc(Nc2c(N)c(=O)c2=O)c1O.O=C(OC1CCCCC1)c1ccccc1. The maximum Gasteiger partial charge on any atom is 0.338 e. The number of para-hydroxylation sites is 1. The minimum atomic E-state index is -0.757. The van der Waals surface area contributed by atoms with Crippen molar-refractivity contribution in [3.63, 3.8) is 0 Å². The predicted molar refractivity (Wildman–Crippen MR) is 134 cm³/mol. The van der Waals surface area contributed by atoms with E-state index < -0.39 is 10.9 Å². The molecule has 4 rings (SSSR count). The minimum Gasteiger partial charge on any atom is -0.505 e. The van der Waals surface area contributed by atoms with Gasteiger partial charge in [0, 0.05) is 14.1 Å². The van der Waals surface area contributed by atoms with E-state index in [1.54, 1.807) is 32.3 Å². The summed E-state index contributed by atoms with van der Waals surface area (Å²) in [7, 11) is 3.10. The molecule has 1 amide bonds. The van der Waals surface area contributed by atoms with Crippen LogP contribution in [0.2, 0.25) is 0 Å². The molecule has 184 valence electrons. The highest BCUT2D eigenvalue weighted by atomic mass is 16.5. The molecule has 0 unspecified atom stereocenters. The second kappa shape index (κ2) is 11.3. The van der Waals surface area contributed by atoms with Gasteiger partial charge in [0.1, 0.15) is 17.5 Å². The number of benzene rings is 2. The number of anilines is 3. The lowest BCUT2D eigenvalue weighted by molar-refractivity contribution is 0.0211. The predicted octanol–water partition coefficient (Wildman–Crippen LogP) is 3.19. The van der Waals surface area contributed by atoms with E-state index >= 15 is 0 Å². The van der Waals surface area contributed by atoms with E-state index in [0.29, 0.717) is 5.56 Å². The van der Waals surface area contributed by atoms with Gasteiger partial charge >= 0.3 is 5.97 Å². The average molecular weight is 480 g/mol. The van der Waals surface area contributed by atoms with Gasteiger partial charge in [0.15, 0.2) is 5.75 Å². The van der Waals surface area contributed by atoms with Crippen LogP contribution in [0.1, 0.15) is 52.8 Å². The summed E-state index contributed by atoms with van der Waals surface area (Å²) in [6.45, 7) is 0. The number of carbonyl (C=O) groups is 2. The Hall–Kier alpha value is -4.14. The van der Waals surface area contributed by atoms with E-state index in [4.69, 9.17) is 10.5 Å². The normalized spacial score (nSPS) is 13.4. The summed E-state index contributed by atoms with van der Waals surface area (Å²) in [6.07, 6.45) is 5.85. The maximum absolute atomic E-state index is 11.8. The Morgan fingerprint density at radius 2 is 1.63 bits per heavy atom. The van der Waals surface area contributed by atoms with Gasteiger partial charge in [-0.1, -0.05) is 30.7 Å². The van der Waals surface area contributed by atoms with Gasteiger partial charge in [-0.2, -0.15) is 0 Å². The Balaban J connectivity index is 0.000000203.